The zero-order valence-electron chi connectivity index (χ0n) is 10.3. The number of nitrogens with one attached hydrogen (secondary N) is 2. The lowest BCUT2D eigenvalue weighted by molar-refractivity contribution is 0.0867. The monoisotopic (exact) mass is 224 g/mol. The topological polar surface area (TPSA) is 65.1 Å². The molecule has 4 nitrogen and oxygen atoms in total. The van der Waals surface area contributed by atoms with Crippen LogP contribution < -0.4 is 5.32 Å². The molecule has 1 amide bonds. The molecule has 0 saturated carbocycles. The second-order valence-corrected chi connectivity index (χ2v) is 4.53. The van der Waals surface area contributed by atoms with Gasteiger partial charge in [0.15, 0.2) is 0 Å². The molecule has 1 atom stereocenters. The summed E-state index contributed by atoms with van der Waals surface area (Å²) >= 11 is 0. The SMILES string of the molecule is Cc1cc(C)c(C(=O)NCC(O)C(C)C)[nH]1. The van der Waals surface area contributed by atoms with Crippen molar-refractivity contribution in [3.8, 4) is 0 Å². The lowest BCUT2D eigenvalue weighted by Crippen LogP contribution is -2.35. The van der Waals surface area contributed by atoms with Crippen molar-refractivity contribution in [2.75, 3.05) is 6.54 Å². The van der Waals surface area contributed by atoms with Crippen LogP contribution in [0.25, 0.3) is 0 Å². The Morgan fingerprint density at radius 2 is 2.12 bits per heavy atom. The Labute approximate surface area is 96.1 Å². The largest absolute Gasteiger partial charge is 0.391 e. The number of carbonyl (C=O) groups excluding carboxylic acids is 1. The minimum Gasteiger partial charge on any atom is -0.391 e. The molecule has 90 valence electrons. The van der Waals surface area contributed by atoms with Crippen molar-refractivity contribution in [2.45, 2.75) is 33.8 Å². The molecule has 0 fully saturated rings. The first-order valence-corrected chi connectivity index (χ1v) is 5.54. The van der Waals surface area contributed by atoms with E-state index in [1.807, 2.05) is 33.8 Å². The van der Waals surface area contributed by atoms with Gasteiger partial charge in [-0.25, -0.2) is 0 Å². The number of amides is 1. The van der Waals surface area contributed by atoms with Crippen LogP contribution in [0.3, 0.4) is 0 Å². The number of aryl methyl sites for hydroxylation is 2. The van der Waals surface area contributed by atoms with Crippen molar-refractivity contribution < 1.29 is 9.90 Å². The maximum absolute atomic E-state index is 11.8. The molecule has 1 rings (SSSR count). The summed E-state index contributed by atoms with van der Waals surface area (Å²) in [6.45, 7) is 7.92. The van der Waals surface area contributed by atoms with Gasteiger partial charge in [0.25, 0.3) is 5.91 Å². The van der Waals surface area contributed by atoms with Crippen LogP contribution >= 0.6 is 0 Å². The van der Waals surface area contributed by atoms with Crippen molar-refractivity contribution in [2.24, 2.45) is 5.92 Å². The third kappa shape index (κ3) is 3.10. The molecule has 0 bridgehead atoms. The van der Waals surface area contributed by atoms with Crippen molar-refractivity contribution in [3.05, 3.63) is 23.0 Å². The molecule has 0 saturated heterocycles. The average molecular weight is 224 g/mol. The van der Waals surface area contributed by atoms with Gasteiger partial charge < -0.3 is 15.4 Å². The first-order valence-electron chi connectivity index (χ1n) is 5.54. The molecule has 3 N–H and O–H groups in total. The number of H-pyrrole nitrogens is 1. The Morgan fingerprint density at radius 1 is 1.50 bits per heavy atom. The van der Waals surface area contributed by atoms with Crippen LogP contribution in [-0.4, -0.2) is 28.6 Å². The highest BCUT2D eigenvalue weighted by molar-refractivity contribution is 5.93. The number of aromatic nitrogens is 1. The van der Waals surface area contributed by atoms with Crippen LogP contribution in [0.2, 0.25) is 0 Å². The number of hydrogen-bond acceptors (Lipinski definition) is 2. The molecule has 1 aromatic heterocycles. The molecule has 0 spiro atoms. The normalized spacial score (nSPS) is 12.9. The highest BCUT2D eigenvalue weighted by Crippen LogP contribution is 2.08. The Kier molecular flexibility index (Phi) is 4.12. The van der Waals surface area contributed by atoms with Crippen LogP contribution in [0, 0.1) is 19.8 Å². The molecular weight excluding hydrogens is 204 g/mol. The molecular formula is C12H20N2O2. The fraction of sp³-hybridized carbons (Fsp3) is 0.583. The number of aromatic amines is 1. The first-order chi connectivity index (χ1) is 7.41. The van der Waals surface area contributed by atoms with E-state index in [9.17, 15) is 9.90 Å². The van der Waals surface area contributed by atoms with Crippen LogP contribution in [0.4, 0.5) is 0 Å². The van der Waals surface area contributed by atoms with E-state index in [0.29, 0.717) is 5.69 Å². The molecule has 1 unspecified atom stereocenters. The fourth-order valence-corrected chi connectivity index (χ4v) is 1.49. The predicted octanol–water partition coefficient (Wildman–Crippen LogP) is 1.38. The molecule has 0 aromatic carbocycles. The molecule has 1 heterocycles. The third-order valence-electron chi connectivity index (χ3n) is 2.62. The summed E-state index contributed by atoms with van der Waals surface area (Å²) in [4.78, 5) is 14.8. The summed E-state index contributed by atoms with van der Waals surface area (Å²) < 4.78 is 0. The van der Waals surface area contributed by atoms with Gasteiger partial charge in [0.1, 0.15) is 5.69 Å². The maximum Gasteiger partial charge on any atom is 0.268 e. The zero-order chi connectivity index (χ0) is 12.3. The molecule has 1 aromatic rings. The second kappa shape index (κ2) is 5.16. The number of aliphatic hydroxyl groups excluding tert-OH is 1. The van der Waals surface area contributed by atoms with E-state index in [-0.39, 0.29) is 18.4 Å². The van der Waals surface area contributed by atoms with Gasteiger partial charge in [0, 0.05) is 12.2 Å². The van der Waals surface area contributed by atoms with E-state index in [1.165, 1.54) is 0 Å². The van der Waals surface area contributed by atoms with E-state index < -0.39 is 6.10 Å². The molecule has 0 aliphatic carbocycles. The van der Waals surface area contributed by atoms with Crippen LogP contribution in [0.15, 0.2) is 6.07 Å². The van der Waals surface area contributed by atoms with Crippen LogP contribution in [-0.2, 0) is 0 Å². The third-order valence-corrected chi connectivity index (χ3v) is 2.62. The van der Waals surface area contributed by atoms with Gasteiger partial charge in [0.2, 0.25) is 0 Å². The highest BCUT2D eigenvalue weighted by atomic mass is 16.3. The van der Waals surface area contributed by atoms with E-state index in [1.54, 1.807) is 0 Å². The molecule has 4 heteroatoms. The number of aliphatic hydroxyl groups is 1. The number of hydrogen-bond donors (Lipinski definition) is 3. The molecule has 0 aliphatic heterocycles. The molecule has 16 heavy (non-hydrogen) atoms. The predicted molar refractivity (Wildman–Crippen MR) is 63.4 cm³/mol. The lowest BCUT2D eigenvalue weighted by Gasteiger charge is -2.14. The second-order valence-electron chi connectivity index (χ2n) is 4.53. The van der Waals surface area contributed by atoms with Gasteiger partial charge in [-0.15, -0.1) is 0 Å². The van der Waals surface area contributed by atoms with Gasteiger partial charge in [-0.3, -0.25) is 4.79 Å². The van der Waals surface area contributed by atoms with Gasteiger partial charge in [-0.2, -0.15) is 0 Å². The molecule has 0 radical (unpaired) electrons. The first kappa shape index (κ1) is 12.8. The van der Waals surface area contributed by atoms with E-state index in [2.05, 4.69) is 10.3 Å². The smallest absolute Gasteiger partial charge is 0.268 e. The van der Waals surface area contributed by atoms with E-state index >= 15 is 0 Å². The minimum absolute atomic E-state index is 0.145. The summed E-state index contributed by atoms with van der Waals surface area (Å²) in [5.41, 5.74) is 2.47. The standard InChI is InChI=1S/C12H20N2O2/c1-7(2)10(15)6-13-12(16)11-8(3)5-9(4)14-11/h5,7,10,14-15H,6H2,1-4H3,(H,13,16). The van der Waals surface area contributed by atoms with Gasteiger partial charge in [-0.05, 0) is 31.4 Å². The minimum atomic E-state index is -0.500. The maximum atomic E-state index is 11.8. The van der Waals surface area contributed by atoms with Crippen LogP contribution in [0.1, 0.15) is 35.6 Å². The van der Waals surface area contributed by atoms with Crippen molar-refractivity contribution >= 4 is 5.91 Å². The van der Waals surface area contributed by atoms with Gasteiger partial charge in [0.05, 0.1) is 6.10 Å². The number of carbonyl (C=O) groups is 1. The summed E-state index contributed by atoms with van der Waals surface area (Å²) in [5.74, 6) is -0.0166. The highest BCUT2D eigenvalue weighted by Gasteiger charge is 2.14. The van der Waals surface area contributed by atoms with Gasteiger partial charge >= 0.3 is 0 Å². The van der Waals surface area contributed by atoms with E-state index in [4.69, 9.17) is 0 Å². The molecule has 0 aliphatic rings. The van der Waals surface area contributed by atoms with Crippen molar-refractivity contribution in [1.82, 2.24) is 10.3 Å². The average Bonchev–Trinajstić information content (AvgIpc) is 2.53. The quantitative estimate of drug-likeness (QED) is 0.723. The number of rotatable bonds is 4. The Bertz CT molecular complexity index is 369. The Balaban J connectivity index is 2.56. The summed E-state index contributed by atoms with van der Waals surface area (Å²) in [6, 6.07) is 1.92. The van der Waals surface area contributed by atoms with E-state index in [0.717, 1.165) is 11.3 Å². The zero-order valence-corrected chi connectivity index (χ0v) is 10.3. The summed E-state index contributed by atoms with van der Waals surface area (Å²) in [6.07, 6.45) is -0.500. The Morgan fingerprint density at radius 3 is 2.56 bits per heavy atom. The van der Waals surface area contributed by atoms with Crippen LogP contribution in [0.5, 0.6) is 0 Å². The summed E-state index contributed by atoms with van der Waals surface area (Å²) in [5, 5.41) is 12.3. The van der Waals surface area contributed by atoms with Gasteiger partial charge in [-0.1, -0.05) is 13.8 Å². The summed E-state index contributed by atoms with van der Waals surface area (Å²) in [7, 11) is 0. The Hall–Kier alpha value is -1.29. The van der Waals surface area contributed by atoms with Crippen molar-refractivity contribution in [3.63, 3.8) is 0 Å². The fourth-order valence-electron chi connectivity index (χ4n) is 1.49. The lowest BCUT2D eigenvalue weighted by atomic mass is 10.1. The van der Waals surface area contributed by atoms with Crippen molar-refractivity contribution in [1.29, 1.82) is 0 Å².